The molecule has 0 aromatic heterocycles. The molecule has 0 saturated carbocycles. The highest BCUT2D eigenvalue weighted by Gasteiger charge is 2.12. The Morgan fingerprint density at radius 1 is 0.895 bits per heavy atom. The highest BCUT2D eigenvalue weighted by molar-refractivity contribution is 5.90. The molecule has 0 fully saturated rings. The molecule has 0 aliphatic heterocycles. The average molecular weight is 254 g/mol. The van der Waals surface area contributed by atoms with Crippen molar-refractivity contribution in [3.63, 3.8) is 0 Å². The molecule has 0 aliphatic carbocycles. The lowest BCUT2D eigenvalue weighted by molar-refractivity contribution is 0.0697. The highest BCUT2D eigenvalue weighted by atomic mass is 16.4. The number of aryl methyl sites for hydroxylation is 4. The lowest BCUT2D eigenvalue weighted by Crippen LogP contribution is -1.99. The third kappa shape index (κ3) is 2.53. The maximum Gasteiger partial charge on any atom is 0.335 e. The second-order valence-electron chi connectivity index (χ2n) is 5.11. The molecule has 0 heterocycles. The van der Waals surface area contributed by atoms with Gasteiger partial charge in [0.25, 0.3) is 0 Å². The van der Waals surface area contributed by atoms with Crippen LogP contribution < -0.4 is 0 Å². The number of benzene rings is 2. The average Bonchev–Trinajstić information content (AvgIpc) is 2.29. The zero-order valence-electron chi connectivity index (χ0n) is 11.7. The minimum Gasteiger partial charge on any atom is -0.478 e. The van der Waals surface area contributed by atoms with Gasteiger partial charge < -0.3 is 5.11 Å². The van der Waals surface area contributed by atoms with Crippen molar-refractivity contribution >= 4 is 5.97 Å². The monoisotopic (exact) mass is 254 g/mol. The summed E-state index contributed by atoms with van der Waals surface area (Å²) in [6.45, 7) is 8.23. The molecule has 0 spiro atoms. The minimum atomic E-state index is -0.885. The Kier molecular flexibility index (Phi) is 3.43. The van der Waals surface area contributed by atoms with Crippen LogP contribution in [0.3, 0.4) is 0 Å². The van der Waals surface area contributed by atoms with Crippen LogP contribution in [-0.4, -0.2) is 11.1 Å². The molecule has 19 heavy (non-hydrogen) atoms. The summed E-state index contributed by atoms with van der Waals surface area (Å²) in [4.78, 5) is 11.1. The number of carboxylic acid groups (broad SMARTS) is 1. The summed E-state index contributed by atoms with van der Waals surface area (Å²) in [6.07, 6.45) is 0. The molecule has 98 valence electrons. The van der Waals surface area contributed by atoms with E-state index in [0.717, 1.165) is 16.7 Å². The predicted molar refractivity (Wildman–Crippen MR) is 77.8 cm³/mol. The summed E-state index contributed by atoms with van der Waals surface area (Å²) in [7, 11) is 0. The van der Waals surface area contributed by atoms with Gasteiger partial charge in [-0.15, -0.1) is 0 Å². The van der Waals surface area contributed by atoms with Gasteiger partial charge in [0.2, 0.25) is 0 Å². The van der Waals surface area contributed by atoms with Crippen LogP contribution >= 0.6 is 0 Å². The Bertz CT molecular complexity index is 631. The van der Waals surface area contributed by atoms with E-state index in [2.05, 4.69) is 32.9 Å². The normalized spacial score (nSPS) is 10.5. The van der Waals surface area contributed by atoms with Crippen LogP contribution in [0.15, 0.2) is 30.3 Å². The Balaban J connectivity index is 2.71. The number of aromatic carboxylic acids is 1. The third-order valence-corrected chi connectivity index (χ3v) is 3.43. The van der Waals surface area contributed by atoms with Gasteiger partial charge in [0.15, 0.2) is 0 Å². The van der Waals surface area contributed by atoms with Gasteiger partial charge >= 0.3 is 5.97 Å². The van der Waals surface area contributed by atoms with E-state index in [4.69, 9.17) is 5.11 Å². The molecule has 0 bridgehead atoms. The largest absolute Gasteiger partial charge is 0.478 e. The first-order chi connectivity index (χ1) is 8.90. The Hall–Kier alpha value is -2.09. The van der Waals surface area contributed by atoms with Gasteiger partial charge in [0, 0.05) is 0 Å². The third-order valence-electron chi connectivity index (χ3n) is 3.43. The van der Waals surface area contributed by atoms with E-state index in [1.807, 2.05) is 13.0 Å². The first kappa shape index (κ1) is 13.3. The van der Waals surface area contributed by atoms with Gasteiger partial charge in [-0.05, 0) is 67.6 Å². The lowest BCUT2D eigenvalue weighted by Gasteiger charge is -2.14. The molecule has 2 aromatic carbocycles. The van der Waals surface area contributed by atoms with Gasteiger partial charge in [-0.2, -0.15) is 0 Å². The van der Waals surface area contributed by atoms with Crippen LogP contribution in [0.5, 0.6) is 0 Å². The first-order valence-corrected chi connectivity index (χ1v) is 6.32. The van der Waals surface area contributed by atoms with E-state index in [1.165, 1.54) is 16.7 Å². The van der Waals surface area contributed by atoms with E-state index in [9.17, 15) is 4.79 Å². The minimum absolute atomic E-state index is 0.333. The Labute approximate surface area is 113 Å². The number of carbonyl (C=O) groups is 1. The van der Waals surface area contributed by atoms with Gasteiger partial charge in [-0.1, -0.05) is 23.8 Å². The van der Waals surface area contributed by atoms with Crippen molar-refractivity contribution in [1.29, 1.82) is 0 Å². The van der Waals surface area contributed by atoms with Crippen molar-refractivity contribution in [1.82, 2.24) is 0 Å². The van der Waals surface area contributed by atoms with Gasteiger partial charge in [0.1, 0.15) is 0 Å². The summed E-state index contributed by atoms with van der Waals surface area (Å²) in [6, 6.07) is 9.56. The zero-order chi connectivity index (χ0) is 14.2. The summed E-state index contributed by atoms with van der Waals surface area (Å²) in [5.74, 6) is -0.885. The van der Waals surface area contributed by atoms with Crippen LogP contribution in [-0.2, 0) is 0 Å². The van der Waals surface area contributed by atoms with Crippen molar-refractivity contribution in [2.24, 2.45) is 0 Å². The lowest BCUT2D eigenvalue weighted by atomic mass is 9.90. The fraction of sp³-hybridized carbons (Fsp3) is 0.235. The van der Waals surface area contributed by atoms with E-state index in [1.54, 1.807) is 12.1 Å². The summed E-state index contributed by atoms with van der Waals surface area (Å²) in [5.41, 5.74) is 7.18. The molecule has 0 radical (unpaired) electrons. The second-order valence-corrected chi connectivity index (χ2v) is 5.11. The fourth-order valence-corrected chi connectivity index (χ4v) is 2.63. The van der Waals surface area contributed by atoms with Crippen LogP contribution in [0.4, 0.5) is 0 Å². The molecule has 2 rings (SSSR count). The molecule has 0 atom stereocenters. The topological polar surface area (TPSA) is 37.3 Å². The second kappa shape index (κ2) is 4.88. The quantitative estimate of drug-likeness (QED) is 0.868. The number of hydrogen-bond donors (Lipinski definition) is 1. The smallest absolute Gasteiger partial charge is 0.335 e. The summed E-state index contributed by atoms with van der Waals surface area (Å²) in [5, 5.41) is 9.13. The Morgan fingerprint density at radius 3 is 2.00 bits per heavy atom. The fourth-order valence-electron chi connectivity index (χ4n) is 2.63. The number of rotatable bonds is 2. The van der Waals surface area contributed by atoms with Crippen LogP contribution in [0.25, 0.3) is 11.1 Å². The maximum absolute atomic E-state index is 11.1. The molecule has 0 saturated heterocycles. The first-order valence-electron chi connectivity index (χ1n) is 6.32. The van der Waals surface area contributed by atoms with Crippen molar-refractivity contribution in [3.8, 4) is 11.1 Å². The van der Waals surface area contributed by atoms with Crippen molar-refractivity contribution in [2.75, 3.05) is 0 Å². The molecule has 2 aromatic rings. The molecule has 0 aliphatic rings. The predicted octanol–water partition coefficient (Wildman–Crippen LogP) is 4.29. The van der Waals surface area contributed by atoms with E-state index < -0.39 is 5.97 Å². The standard InChI is InChI=1S/C17H18O2/c1-10-7-12(3)16(13(4)8-10)15-9-14(17(18)19)6-5-11(15)2/h5-9H,1-4H3,(H,18,19). The van der Waals surface area contributed by atoms with Crippen LogP contribution in [0.1, 0.15) is 32.6 Å². The van der Waals surface area contributed by atoms with Crippen molar-refractivity contribution < 1.29 is 9.90 Å². The Morgan fingerprint density at radius 2 is 1.47 bits per heavy atom. The summed E-state index contributed by atoms with van der Waals surface area (Å²) >= 11 is 0. The molecule has 1 N–H and O–H groups in total. The SMILES string of the molecule is Cc1cc(C)c(-c2cc(C(=O)O)ccc2C)c(C)c1. The number of hydrogen-bond acceptors (Lipinski definition) is 1. The molecule has 2 nitrogen and oxygen atoms in total. The molecule has 2 heteroatoms. The van der Waals surface area contributed by atoms with Crippen molar-refractivity contribution in [2.45, 2.75) is 27.7 Å². The van der Waals surface area contributed by atoms with E-state index in [-0.39, 0.29) is 0 Å². The maximum atomic E-state index is 11.1. The molecule has 0 amide bonds. The van der Waals surface area contributed by atoms with Gasteiger partial charge in [-0.3, -0.25) is 0 Å². The van der Waals surface area contributed by atoms with Crippen molar-refractivity contribution in [3.05, 3.63) is 58.1 Å². The molecular formula is C17H18O2. The van der Waals surface area contributed by atoms with E-state index in [0.29, 0.717) is 5.56 Å². The van der Waals surface area contributed by atoms with E-state index >= 15 is 0 Å². The summed E-state index contributed by atoms with van der Waals surface area (Å²) < 4.78 is 0. The van der Waals surface area contributed by atoms with Gasteiger partial charge in [0.05, 0.1) is 5.56 Å². The molecule has 0 unspecified atom stereocenters. The van der Waals surface area contributed by atoms with Crippen LogP contribution in [0.2, 0.25) is 0 Å². The molecular weight excluding hydrogens is 236 g/mol. The van der Waals surface area contributed by atoms with Crippen LogP contribution in [0, 0.1) is 27.7 Å². The zero-order valence-corrected chi connectivity index (χ0v) is 11.7. The number of carboxylic acids is 1. The van der Waals surface area contributed by atoms with Gasteiger partial charge in [-0.25, -0.2) is 4.79 Å². The highest BCUT2D eigenvalue weighted by Crippen LogP contribution is 2.31.